The molecule has 0 amide bonds. The molecule has 1 unspecified atom stereocenters. The van der Waals surface area contributed by atoms with Crippen LogP contribution >= 0.6 is 0 Å². The number of hydrogen-bond donors (Lipinski definition) is 0. The maximum atomic E-state index is 10.3. The van der Waals surface area contributed by atoms with E-state index in [2.05, 4.69) is 156 Å². The Balaban J connectivity index is 1.36. The van der Waals surface area contributed by atoms with E-state index < -0.39 is 42.1 Å². The van der Waals surface area contributed by atoms with E-state index in [4.69, 9.17) is 11.6 Å². The lowest BCUT2D eigenvalue weighted by atomic mass is 9.80. The highest BCUT2D eigenvalue weighted by Gasteiger charge is 2.69. The highest BCUT2D eigenvalue weighted by molar-refractivity contribution is 5.98. The number of nitrogens with zero attached hydrogens (tertiary/aromatic N) is 3. The van der Waals surface area contributed by atoms with Gasteiger partial charge in [0.15, 0.2) is 23.0 Å². The highest BCUT2D eigenvalue weighted by Crippen LogP contribution is 2.55. The van der Waals surface area contributed by atoms with Crippen LogP contribution < -0.4 is 13.9 Å². The van der Waals surface area contributed by atoms with Crippen molar-refractivity contribution >= 4 is 11.0 Å². The second-order valence-corrected chi connectivity index (χ2v) is 19.1. The lowest BCUT2D eigenvalue weighted by Crippen LogP contribution is -2.78. The molecule has 1 atom stereocenters. The Hall–Kier alpha value is -6.26. The van der Waals surface area contributed by atoms with E-state index >= 15 is 0 Å². The van der Waals surface area contributed by atoms with Gasteiger partial charge in [-0.25, -0.2) is 0 Å². The minimum Gasteiger partial charge on any atom is -0.392 e. The van der Waals surface area contributed by atoms with E-state index in [1.807, 2.05) is 6.07 Å². The van der Waals surface area contributed by atoms with Gasteiger partial charge in [0.25, 0.3) is 0 Å². The molecule has 0 saturated heterocycles. The number of para-hydroxylation sites is 1. The van der Waals surface area contributed by atoms with E-state index in [-0.39, 0.29) is 46.3 Å². The highest BCUT2D eigenvalue weighted by atomic mass is 16.5. The van der Waals surface area contributed by atoms with E-state index in [0.29, 0.717) is 22.8 Å². The third-order valence-electron chi connectivity index (χ3n) is 12.9. The Bertz CT molecular complexity index is 3540. The molecule has 4 nitrogen and oxygen atoms in total. The third kappa shape index (κ3) is 5.43. The van der Waals surface area contributed by atoms with E-state index in [0.717, 1.165) is 67.9 Å². The van der Waals surface area contributed by atoms with Gasteiger partial charge < -0.3 is 4.74 Å². The average Bonchev–Trinajstić information content (AvgIpc) is 3.82. The number of benzene rings is 6. The van der Waals surface area contributed by atoms with Gasteiger partial charge in [-0.15, -0.1) is 9.13 Å². The zero-order valence-corrected chi connectivity index (χ0v) is 36.3. The summed E-state index contributed by atoms with van der Waals surface area (Å²) in [6.45, 7) is 19.6. The number of rotatable bonds is 7. The van der Waals surface area contributed by atoms with Gasteiger partial charge in [0.2, 0.25) is 5.69 Å². The molecule has 61 heavy (non-hydrogen) atoms. The Morgan fingerprint density at radius 2 is 1.48 bits per heavy atom. The molecule has 11 rings (SSSR count). The minimum absolute atomic E-state index is 0.00803. The van der Waals surface area contributed by atoms with E-state index in [1.165, 1.54) is 11.1 Å². The maximum absolute atomic E-state index is 10.3. The number of pyridine rings is 1. The van der Waals surface area contributed by atoms with Gasteiger partial charge in [0.05, 0.1) is 15.2 Å². The molecule has 3 aliphatic heterocycles. The van der Waals surface area contributed by atoms with Crippen molar-refractivity contribution < 1.29 is 24.8 Å². The van der Waals surface area contributed by atoms with E-state index in [1.54, 1.807) is 4.57 Å². The lowest BCUT2D eigenvalue weighted by Gasteiger charge is -2.34. The van der Waals surface area contributed by atoms with Crippen LogP contribution in [0.25, 0.3) is 72.7 Å². The van der Waals surface area contributed by atoms with Crippen molar-refractivity contribution in [3.8, 4) is 67.5 Å². The van der Waals surface area contributed by atoms with Crippen LogP contribution in [0.5, 0.6) is 5.75 Å². The van der Waals surface area contributed by atoms with Gasteiger partial charge in [-0.05, 0) is 123 Å². The Labute approximate surface area is 372 Å². The fraction of sp³-hybridized carbons (Fsp3) is 0.263. The lowest BCUT2D eigenvalue weighted by molar-refractivity contribution is -0.997. The van der Waals surface area contributed by atoms with Gasteiger partial charge in [-0.1, -0.05) is 135 Å². The van der Waals surface area contributed by atoms with E-state index in [9.17, 15) is 4.11 Å². The van der Waals surface area contributed by atoms with Crippen molar-refractivity contribution in [3.63, 3.8) is 0 Å². The Morgan fingerprint density at radius 3 is 2.20 bits per heavy atom. The zero-order valence-electron chi connectivity index (χ0n) is 44.3. The second-order valence-electron chi connectivity index (χ2n) is 19.1. The molecule has 4 heteroatoms. The molecular formula is C57H55N3O+2. The first-order chi connectivity index (χ1) is 32.7. The average molecular weight is 806 g/mol. The molecule has 3 aliphatic rings. The van der Waals surface area contributed by atoms with Crippen LogP contribution in [-0.2, 0) is 17.7 Å². The number of aromatic nitrogens is 3. The second kappa shape index (κ2) is 13.4. The summed E-state index contributed by atoms with van der Waals surface area (Å²) >= 11 is 0. The normalized spacial score (nSPS) is 17.5. The van der Waals surface area contributed by atoms with Gasteiger partial charge in [0, 0.05) is 23.2 Å². The summed E-state index contributed by atoms with van der Waals surface area (Å²) < 4.78 is 88.1. The van der Waals surface area contributed by atoms with Gasteiger partial charge in [0.1, 0.15) is 18.2 Å². The molecule has 2 aromatic heterocycles. The Kier molecular flexibility index (Phi) is 6.55. The Morgan fingerprint density at radius 1 is 0.705 bits per heavy atom. The van der Waals surface area contributed by atoms with Gasteiger partial charge >= 0.3 is 11.7 Å². The first-order valence-electron chi connectivity index (χ1n) is 25.7. The summed E-state index contributed by atoms with van der Waals surface area (Å²) in [6, 6.07) is 29.0. The SMILES string of the molecule is [2H]c1c([2H])c([2H])c(-c2c([2H])c([2H])[n+]3c(c2[2H])-c2cc(C(C)(C)C)cc4c2C32Oc3c(cc(C(C)C)cc3C(C)C)-c3n(-c5ccc(-c6ccccc6)c(CC(C)C)c5)c5cccc-4c5[n+]32)c([2H])c1[2H]. The van der Waals surface area contributed by atoms with Crippen LogP contribution in [0.15, 0.2) is 139 Å². The van der Waals surface area contributed by atoms with Crippen molar-refractivity contribution in [1.82, 2.24) is 4.57 Å². The van der Waals surface area contributed by atoms with Crippen molar-refractivity contribution in [3.05, 3.63) is 167 Å². The standard InChI is InChI=1S/C57H55N3O/c1-34(2)27-41-28-43(23-24-44(41)38-19-14-11-15-20-38)59-50-22-16-21-45-47-32-42(56(7,8)9)33-48-51-31-39(37-17-12-10-13-18-37)25-26-58(51)57(52(47)48)60(53(45)50)55(59)49-30-40(35(3)4)29-46(36(5)6)54(49)61-57/h10-26,28-36H,27H2,1-9H3/q+2/i10D,12D,13D,17D,18D,25D,26D,31D. The quantitative estimate of drug-likeness (QED) is 0.147. The molecular weight excluding hydrogens is 743 g/mol. The smallest absolute Gasteiger partial charge is 0.392 e. The molecule has 0 saturated carbocycles. The maximum Gasteiger partial charge on any atom is 0.499 e. The van der Waals surface area contributed by atoms with Gasteiger partial charge in [-0.3, -0.25) is 0 Å². The number of ether oxygens (including phenoxy) is 1. The molecule has 302 valence electrons. The van der Waals surface area contributed by atoms with Crippen molar-refractivity contribution in [2.24, 2.45) is 5.92 Å². The molecule has 0 N–H and O–H groups in total. The third-order valence-corrected chi connectivity index (χ3v) is 12.9. The molecule has 1 spiro atoms. The first-order valence-corrected chi connectivity index (χ1v) is 21.7. The summed E-state index contributed by atoms with van der Waals surface area (Å²) in [5.41, 5.74) is 12.9. The first kappa shape index (κ1) is 29.9. The molecule has 0 aliphatic carbocycles. The molecule has 5 heterocycles. The summed E-state index contributed by atoms with van der Waals surface area (Å²) in [5.74, 6) is 0.351. The summed E-state index contributed by atoms with van der Waals surface area (Å²) in [7, 11) is 0. The number of imidazole rings is 1. The summed E-state index contributed by atoms with van der Waals surface area (Å²) in [5, 5.41) is 0. The largest absolute Gasteiger partial charge is 0.499 e. The van der Waals surface area contributed by atoms with Crippen LogP contribution in [0.4, 0.5) is 0 Å². The summed E-state index contributed by atoms with van der Waals surface area (Å²) in [4.78, 5) is 0. The molecule has 0 bridgehead atoms. The van der Waals surface area contributed by atoms with Gasteiger partial charge in [-0.2, -0.15) is 4.57 Å². The van der Waals surface area contributed by atoms with Crippen molar-refractivity contribution in [2.45, 2.75) is 91.8 Å². The minimum atomic E-state index is -1.69. The van der Waals surface area contributed by atoms with Crippen LogP contribution in [0, 0.1) is 5.92 Å². The zero-order chi connectivity index (χ0) is 49.1. The predicted octanol–water partition coefficient (Wildman–Crippen LogP) is 13.5. The monoisotopic (exact) mass is 805 g/mol. The van der Waals surface area contributed by atoms with Crippen molar-refractivity contribution in [2.75, 3.05) is 0 Å². The fourth-order valence-electron chi connectivity index (χ4n) is 9.95. The summed E-state index contributed by atoms with van der Waals surface area (Å²) in [6.07, 6.45) is 0.530. The number of fused-ring (bicyclic) bond motifs is 5. The number of hydrogen-bond acceptors (Lipinski definition) is 1. The van der Waals surface area contributed by atoms with Crippen LogP contribution in [-0.4, -0.2) is 4.57 Å². The molecule has 6 aromatic carbocycles. The van der Waals surface area contributed by atoms with Crippen LogP contribution in [0.1, 0.15) is 113 Å². The molecule has 8 aromatic rings. The van der Waals surface area contributed by atoms with Crippen molar-refractivity contribution in [1.29, 1.82) is 0 Å². The topological polar surface area (TPSA) is 21.9 Å². The predicted molar refractivity (Wildman–Crippen MR) is 249 cm³/mol. The van der Waals surface area contributed by atoms with Crippen LogP contribution in [0.3, 0.4) is 0 Å². The fourth-order valence-corrected chi connectivity index (χ4v) is 9.95. The molecule has 0 radical (unpaired) electrons. The molecule has 0 fully saturated rings. The van der Waals surface area contributed by atoms with Crippen LogP contribution in [0.2, 0.25) is 0 Å².